The van der Waals surface area contributed by atoms with E-state index >= 15 is 0 Å². The molecule has 26 heavy (non-hydrogen) atoms. The summed E-state index contributed by atoms with van der Waals surface area (Å²) in [7, 11) is 0. The highest BCUT2D eigenvalue weighted by molar-refractivity contribution is 5.30. The molecule has 0 amide bonds. The van der Waals surface area contributed by atoms with Crippen molar-refractivity contribution in [3.63, 3.8) is 0 Å². The molecule has 5 heteroatoms. The Morgan fingerprint density at radius 1 is 1.27 bits per heavy atom. The summed E-state index contributed by atoms with van der Waals surface area (Å²) in [6, 6.07) is 10.7. The van der Waals surface area contributed by atoms with Gasteiger partial charge in [-0.1, -0.05) is 55.8 Å². The molecule has 1 saturated carbocycles. The normalized spacial score (nSPS) is 27.4. The van der Waals surface area contributed by atoms with E-state index in [1.807, 2.05) is 0 Å². The Labute approximate surface area is 156 Å². The van der Waals surface area contributed by atoms with Crippen molar-refractivity contribution >= 4 is 0 Å². The van der Waals surface area contributed by atoms with Gasteiger partial charge < -0.3 is 10.6 Å². The lowest BCUT2D eigenvalue weighted by atomic mass is 9.56. The van der Waals surface area contributed by atoms with E-state index in [9.17, 15) is 10.1 Å². The molecule has 1 aromatic rings. The highest BCUT2D eigenvalue weighted by Crippen LogP contribution is 2.53. The van der Waals surface area contributed by atoms with Crippen LogP contribution in [-0.4, -0.2) is 18.2 Å². The summed E-state index contributed by atoms with van der Waals surface area (Å²) in [5.41, 5.74) is 9.00. The third-order valence-electron chi connectivity index (χ3n) is 5.67. The fourth-order valence-corrected chi connectivity index (χ4v) is 4.85. The molecule has 0 aromatic heterocycles. The predicted molar refractivity (Wildman–Crippen MR) is 104 cm³/mol. The molecule has 1 aliphatic rings. The van der Waals surface area contributed by atoms with Gasteiger partial charge in [-0.05, 0) is 67.9 Å². The topological polar surface area (TPSA) is 78.4 Å². The molecule has 1 fully saturated rings. The molecular formula is C21H32N2O3. The minimum Gasteiger partial charge on any atom is -0.330 e. The molecule has 2 atom stereocenters. The van der Waals surface area contributed by atoms with E-state index in [0.29, 0.717) is 13.0 Å². The van der Waals surface area contributed by atoms with Gasteiger partial charge in [0, 0.05) is 0 Å². The lowest BCUT2D eigenvalue weighted by Crippen LogP contribution is -2.40. The zero-order valence-corrected chi connectivity index (χ0v) is 16.1. The van der Waals surface area contributed by atoms with Gasteiger partial charge in [0.05, 0.1) is 6.61 Å². The van der Waals surface area contributed by atoms with Crippen LogP contribution < -0.4 is 5.73 Å². The van der Waals surface area contributed by atoms with E-state index in [0.717, 1.165) is 38.5 Å². The van der Waals surface area contributed by atoms with Crippen LogP contribution >= 0.6 is 0 Å². The number of allylic oxidation sites excluding steroid dienone is 2. The second-order valence-corrected chi connectivity index (χ2v) is 7.93. The van der Waals surface area contributed by atoms with Crippen molar-refractivity contribution in [1.29, 1.82) is 0 Å². The summed E-state index contributed by atoms with van der Waals surface area (Å²) < 4.78 is 0. The fourth-order valence-electron chi connectivity index (χ4n) is 4.85. The number of hydrogen-bond acceptors (Lipinski definition) is 4. The van der Waals surface area contributed by atoms with Crippen LogP contribution in [0.3, 0.4) is 0 Å². The first-order valence-corrected chi connectivity index (χ1v) is 9.64. The lowest BCUT2D eigenvalue weighted by Gasteiger charge is -2.48. The van der Waals surface area contributed by atoms with E-state index < -0.39 is 5.09 Å². The minimum atomic E-state index is -0.701. The van der Waals surface area contributed by atoms with Crippen molar-refractivity contribution in [3.8, 4) is 0 Å². The van der Waals surface area contributed by atoms with Crippen molar-refractivity contribution in [1.82, 2.24) is 0 Å². The third kappa shape index (κ3) is 5.31. The molecule has 2 N–H and O–H groups in total. The molecule has 0 spiro atoms. The average molecular weight is 360 g/mol. The monoisotopic (exact) mass is 360 g/mol. The first-order chi connectivity index (χ1) is 12.4. The molecule has 0 aliphatic heterocycles. The summed E-state index contributed by atoms with van der Waals surface area (Å²) in [6.07, 6.45) is 9.09. The number of nitrogens with two attached hydrogens (primary N) is 1. The van der Waals surface area contributed by atoms with Crippen LogP contribution in [0, 0.1) is 15.5 Å². The van der Waals surface area contributed by atoms with Gasteiger partial charge in [0.1, 0.15) is 0 Å². The number of nitrogens with zero attached hydrogens (tertiary/aromatic N) is 1. The van der Waals surface area contributed by atoms with Gasteiger partial charge in [-0.3, -0.25) is 0 Å². The van der Waals surface area contributed by atoms with E-state index in [2.05, 4.69) is 55.1 Å². The summed E-state index contributed by atoms with van der Waals surface area (Å²) in [4.78, 5) is 15.0. The third-order valence-corrected chi connectivity index (χ3v) is 5.67. The number of rotatable bonds is 9. The first-order valence-electron chi connectivity index (χ1n) is 9.64. The van der Waals surface area contributed by atoms with Crippen LogP contribution in [0.4, 0.5) is 0 Å². The molecule has 2 unspecified atom stereocenters. The van der Waals surface area contributed by atoms with Crippen LogP contribution in [0.15, 0.2) is 42.0 Å². The molecule has 2 rings (SSSR count). The second-order valence-electron chi connectivity index (χ2n) is 7.93. The molecule has 0 bridgehead atoms. The SMILES string of the molecule is CC/C=C1\CC(CCN)(CCCO[N+](=O)[O-])CC(C)(c2ccccc2)C1. The molecule has 1 aromatic carbocycles. The smallest absolute Gasteiger partial charge is 0.294 e. The lowest BCUT2D eigenvalue weighted by molar-refractivity contribution is -0.757. The fraction of sp³-hybridized carbons (Fsp3) is 0.619. The van der Waals surface area contributed by atoms with E-state index in [-0.39, 0.29) is 17.4 Å². The quantitative estimate of drug-likeness (QED) is 0.297. The molecular weight excluding hydrogens is 328 g/mol. The summed E-state index contributed by atoms with van der Waals surface area (Å²) in [6.45, 7) is 5.33. The van der Waals surface area contributed by atoms with E-state index in [1.165, 1.54) is 11.1 Å². The van der Waals surface area contributed by atoms with Crippen LogP contribution in [0.5, 0.6) is 0 Å². The molecule has 0 heterocycles. The number of benzene rings is 1. The van der Waals surface area contributed by atoms with E-state index in [1.54, 1.807) is 0 Å². The maximum absolute atomic E-state index is 10.4. The van der Waals surface area contributed by atoms with Crippen molar-refractivity contribution in [2.45, 2.75) is 64.2 Å². The molecule has 1 aliphatic carbocycles. The van der Waals surface area contributed by atoms with Crippen LogP contribution in [0.1, 0.15) is 64.4 Å². The molecule has 0 radical (unpaired) electrons. The Hall–Kier alpha value is -1.88. The van der Waals surface area contributed by atoms with Crippen molar-refractivity contribution in [3.05, 3.63) is 57.7 Å². The second kappa shape index (κ2) is 9.17. The first kappa shape index (κ1) is 20.4. The minimum absolute atomic E-state index is 0.0691. The Bertz CT molecular complexity index is 617. The van der Waals surface area contributed by atoms with Gasteiger partial charge >= 0.3 is 0 Å². The highest BCUT2D eigenvalue weighted by atomic mass is 16.9. The van der Waals surface area contributed by atoms with Gasteiger partial charge in [-0.25, -0.2) is 0 Å². The summed E-state index contributed by atoms with van der Waals surface area (Å²) >= 11 is 0. The van der Waals surface area contributed by atoms with E-state index in [4.69, 9.17) is 5.73 Å². The standard InChI is InChI=1S/C21H32N2O3/c1-3-8-18-15-20(2,19-9-5-4-6-10-19)17-21(16-18,12-13-22)11-7-14-26-23(24)25/h4-6,8-10H,3,7,11-17,22H2,1-2H3/b18-8-. The van der Waals surface area contributed by atoms with Crippen molar-refractivity contribution in [2.75, 3.05) is 13.2 Å². The Morgan fingerprint density at radius 3 is 2.62 bits per heavy atom. The van der Waals surface area contributed by atoms with Gasteiger partial charge in [-0.15, -0.1) is 10.1 Å². The van der Waals surface area contributed by atoms with Gasteiger partial charge in [-0.2, -0.15) is 0 Å². The average Bonchev–Trinajstić information content (AvgIpc) is 2.60. The maximum atomic E-state index is 10.4. The largest absolute Gasteiger partial charge is 0.330 e. The molecule has 0 saturated heterocycles. The Balaban J connectivity index is 2.26. The van der Waals surface area contributed by atoms with Crippen LogP contribution in [0.2, 0.25) is 0 Å². The van der Waals surface area contributed by atoms with Crippen molar-refractivity contribution < 1.29 is 9.92 Å². The molecule has 144 valence electrons. The van der Waals surface area contributed by atoms with Crippen LogP contribution in [0.25, 0.3) is 0 Å². The van der Waals surface area contributed by atoms with Gasteiger partial charge in [0.15, 0.2) is 0 Å². The van der Waals surface area contributed by atoms with Crippen LogP contribution in [-0.2, 0) is 10.3 Å². The highest BCUT2D eigenvalue weighted by Gasteiger charge is 2.43. The van der Waals surface area contributed by atoms with Gasteiger partial charge in [0.2, 0.25) is 0 Å². The zero-order valence-electron chi connectivity index (χ0n) is 16.1. The maximum Gasteiger partial charge on any atom is 0.294 e. The Kier molecular flexibility index (Phi) is 7.21. The zero-order chi connectivity index (χ0) is 19.0. The Morgan fingerprint density at radius 2 is 2.00 bits per heavy atom. The summed E-state index contributed by atoms with van der Waals surface area (Å²) in [5.74, 6) is 0. The number of hydrogen-bond donors (Lipinski definition) is 1. The van der Waals surface area contributed by atoms with Gasteiger partial charge in [0.25, 0.3) is 5.09 Å². The molecule has 5 nitrogen and oxygen atoms in total. The van der Waals surface area contributed by atoms with Crippen molar-refractivity contribution in [2.24, 2.45) is 11.1 Å². The summed E-state index contributed by atoms with van der Waals surface area (Å²) in [5, 5.41) is 9.73. The predicted octanol–water partition coefficient (Wildman–Crippen LogP) is 4.79.